The molecule has 0 saturated heterocycles. The number of thioether (sulfide) groups is 1. The molecule has 22 heavy (non-hydrogen) atoms. The number of esters is 1. The number of carbonyl (C=O) groups excluding carboxylic acids is 1. The summed E-state index contributed by atoms with van der Waals surface area (Å²) in [5, 5.41) is 0.957. The molecule has 0 aliphatic heterocycles. The Morgan fingerprint density at radius 3 is 2.82 bits per heavy atom. The number of para-hydroxylation sites is 1. The quantitative estimate of drug-likeness (QED) is 0.335. The summed E-state index contributed by atoms with van der Waals surface area (Å²) in [6, 6.07) is 9.06. The summed E-state index contributed by atoms with van der Waals surface area (Å²) in [5.74, 6) is 0.635. The van der Waals surface area contributed by atoms with E-state index in [1.807, 2.05) is 32.0 Å². The molecule has 0 N–H and O–H groups in total. The molecule has 0 aliphatic carbocycles. The number of ether oxygens (including phenoxy) is 1. The van der Waals surface area contributed by atoms with Crippen LogP contribution in [0.1, 0.15) is 26.7 Å². The molecule has 0 atom stereocenters. The van der Waals surface area contributed by atoms with Crippen molar-refractivity contribution in [2.45, 2.75) is 31.6 Å². The number of hydrogen-bond acceptors (Lipinski definition) is 5. The van der Waals surface area contributed by atoms with Crippen molar-refractivity contribution in [3.05, 3.63) is 40.8 Å². The molecule has 1 aromatic carbocycles. The van der Waals surface area contributed by atoms with Crippen LogP contribution in [0.3, 0.4) is 0 Å². The highest BCUT2D eigenvalue weighted by Gasteiger charge is 2.08. The van der Waals surface area contributed by atoms with E-state index in [9.17, 15) is 9.59 Å². The smallest absolute Gasteiger partial charge is 0.337 e. The van der Waals surface area contributed by atoms with Crippen molar-refractivity contribution in [2.75, 3.05) is 12.4 Å². The zero-order valence-corrected chi connectivity index (χ0v) is 13.7. The molecule has 0 amide bonds. The minimum absolute atomic E-state index is 0.0794. The first-order chi connectivity index (χ1) is 10.6. The predicted molar refractivity (Wildman–Crippen MR) is 88.2 cm³/mol. The van der Waals surface area contributed by atoms with Gasteiger partial charge < -0.3 is 9.15 Å². The molecule has 0 fully saturated rings. The second-order valence-corrected chi connectivity index (χ2v) is 6.44. The molecule has 2 aromatic rings. The van der Waals surface area contributed by atoms with Crippen LogP contribution in [-0.2, 0) is 9.53 Å². The minimum atomic E-state index is -0.327. The molecule has 0 unspecified atom stereocenters. The first-order valence-electron chi connectivity index (χ1n) is 7.40. The fourth-order valence-electron chi connectivity index (χ4n) is 1.93. The van der Waals surface area contributed by atoms with Crippen LogP contribution in [0.15, 0.2) is 44.4 Å². The Morgan fingerprint density at radius 1 is 1.27 bits per heavy atom. The van der Waals surface area contributed by atoms with Crippen LogP contribution >= 0.6 is 11.8 Å². The van der Waals surface area contributed by atoms with Gasteiger partial charge in [0.1, 0.15) is 5.58 Å². The van der Waals surface area contributed by atoms with Crippen LogP contribution in [0.4, 0.5) is 0 Å². The van der Waals surface area contributed by atoms with Crippen molar-refractivity contribution >= 4 is 28.7 Å². The Morgan fingerprint density at radius 2 is 2.05 bits per heavy atom. The summed E-state index contributed by atoms with van der Waals surface area (Å²) in [7, 11) is 0. The van der Waals surface area contributed by atoms with Gasteiger partial charge in [-0.25, -0.2) is 4.79 Å². The molecule has 0 spiro atoms. The molecule has 0 aliphatic rings. The Bertz CT molecular complexity index is 690. The first-order valence-corrected chi connectivity index (χ1v) is 8.39. The third kappa shape index (κ3) is 4.63. The van der Waals surface area contributed by atoms with E-state index < -0.39 is 0 Å². The lowest BCUT2D eigenvalue weighted by Gasteiger charge is -2.07. The van der Waals surface area contributed by atoms with Crippen LogP contribution in [-0.4, -0.2) is 18.3 Å². The van der Waals surface area contributed by atoms with Gasteiger partial charge in [-0.15, -0.1) is 11.8 Å². The molecule has 2 rings (SSSR count). The van der Waals surface area contributed by atoms with E-state index >= 15 is 0 Å². The summed E-state index contributed by atoms with van der Waals surface area (Å²) < 4.78 is 10.3. The lowest BCUT2D eigenvalue weighted by Crippen LogP contribution is -2.12. The number of unbranched alkanes of at least 4 members (excludes halogenated alkanes) is 1. The van der Waals surface area contributed by atoms with Gasteiger partial charge in [-0.2, -0.15) is 0 Å². The topological polar surface area (TPSA) is 56.5 Å². The second kappa shape index (κ2) is 8.03. The lowest BCUT2D eigenvalue weighted by molar-refractivity contribution is -0.147. The maximum atomic E-state index is 11.5. The molecule has 0 radical (unpaired) electrons. The predicted octanol–water partition coefficient (Wildman–Crippen LogP) is 3.86. The summed E-state index contributed by atoms with van der Waals surface area (Å²) >= 11 is 1.63. The largest absolute Gasteiger partial charge is 0.465 e. The van der Waals surface area contributed by atoms with Crippen LogP contribution in [0.5, 0.6) is 0 Å². The highest BCUT2D eigenvalue weighted by atomic mass is 32.2. The standard InChI is InChI=1S/C17H20O4S/c1-12(2)17(19)20-9-5-6-10-22-15-11-16(18)21-14-8-4-3-7-13(14)15/h3-4,7-8,11-12H,5-6,9-10H2,1-2H3. The van der Waals surface area contributed by atoms with Gasteiger partial charge in [-0.3, -0.25) is 4.79 Å². The van der Waals surface area contributed by atoms with Gasteiger partial charge >= 0.3 is 11.6 Å². The van der Waals surface area contributed by atoms with E-state index in [0.717, 1.165) is 28.9 Å². The Labute approximate surface area is 133 Å². The van der Waals surface area contributed by atoms with Gasteiger partial charge in [0.2, 0.25) is 0 Å². The van der Waals surface area contributed by atoms with Crippen molar-refractivity contribution in [3.63, 3.8) is 0 Å². The fourth-order valence-corrected chi connectivity index (χ4v) is 3.00. The maximum Gasteiger partial charge on any atom is 0.337 e. The number of carbonyl (C=O) groups is 1. The zero-order valence-electron chi connectivity index (χ0n) is 12.8. The second-order valence-electron chi connectivity index (χ2n) is 5.30. The molecule has 4 nitrogen and oxygen atoms in total. The molecular formula is C17H20O4S. The van der Waals surface area contributed by atoms with Crippen LogP contribution < -0.4 is 5.63 Å². The number of fused-ring (bicyclic) bond motifs is 1. The lowest BCUT2D eigenvalue weighted by atomic mass is 10.2. The van der Waals surface area contributed by atoms with Crippen molar-refractivity contribution in [1.29, 1.82) is 0 Å². The molecule has 118 valence electrons. The molecule has 0 saturated carbocycles. The monoisotopic (exact) mass is 320 g/mol. The van der Waals surface area contributed by atoms with Gasteiger partial charge in [0.15, 0.2) is 0 Å². The van der Waals surface area contributed by atoms with Crippen molar-refractivity contribution in [1.82, 2.24) is 0 Å². The van der Waals surface area contributed by atoms with E-state index in [2.05, 4.69) is 0 Å². The Kier molecular flexibility index (Phi) is 6.07. The van der Waals surface area contributed by atoms with Gasteiger partial charge in [0.05, 0.1) is 12.5 Å². The van der Waals surface area contributed by atoms with Gasteiger partial charge in [-0.1, -0.05) is 32.0 Å². The van der Waals surface area contributed by atoms with Crippen LogP contribution in [0.2, 0.25) is 0 Å². The Balaban J connectivity index is 1.83. The van der Waals surface area contributed by atoms with E-state index in [1.54, 1.807) is 17.8 Å². The summed E-state index contributed by atoms with van der Waals surface area (Å²) in [6.45, 7) is 4.10. The average molecular weight is 320 g/mol. The van der Waals surface area contributed by atoms with Gasteiger partial charge in [0, 0.05) is 16.3 Å². The Hall–Kier alpha value is -1.75. The fraction of sp³-hybridized carbons (Fsp3) is 0.412. The maximum absolute atomic E-state index is 11.5. The van der Waals surface area contributed by atoms with Gasteiger partial charge in [0.25, 0.3) is 0 Å². The summed E-state index contributed by atoms with van der Waals surface area (Å²) in [4.78, 5) is 23.8. The molecule has 0 bridgehead atoms. The molecule has 5 heteroatoms. The molecule has 1 heterocycles. The van der Waals surface area contributed by atoms with Crippen molar-refractivity contribution in [2.24, 2.45) is 5.92 Å². The molecular weight excluding hydrogens is 300 g/mol. The average Bonchev–Trinajstić information content (AvgIpc) is 2.49. The summed E-state index contributed by atoms with van der Waals surface area (Å²) in [5.41, 5.74) is 0.287. The third-order valence-corrected chi connectivity index (χ3v) is 4.27. The van der Waals surface area contributed by atoms with Gasteiger partial charge in [-0.05, 0) is 24.7 Å². The van der Waals surface area contributed by atoms with Crippen molar-refractivity contribution in [3.8, 4) is 0 Å². The number of hydrogen-bond donors (Lipinski definition) is 0. The number of rotatable bonds is 7. The van der Waals surface area contributed by atoms with E-state index in [0.29, 0.717) is 12.2 Å². The molecule has 1 aromatic heterocycles. The highest BCUT2D eigenvalue weighted by molar-refractivity contribution is 7.99. The SMILES string of the molecule is CC(C)C(=O)OCCCCSc1cc(=O)oc2ccccc12. The normalized spacial score (nSPS) is 11.0. The van der Waals surface area contributed by atoms with Crippen molar-refractivity contribution < 1.29 is 13.9 Å². The zero-order chi connectivity index (χ0) is 15.9. The summed E-state index contributed by atoms with van der Waals surface area (Å²) in [6.07, 6.45) is 1.75. The highest BCUT2D eigenvalue weighted by Crippen LogP contribution is 2.26. The third-order valence-electron chi connectivity index (χ3n) is 3.12. The van der Waals surface area contributed by atoms with Crippen LogP contribution in [0.25, 0.3) is 11.0 Å². The first kappa shape index (κ1) is 16.6. The van der Waals surface area contributed by atoms with E-state index in [1.165, 1.54) is 6.07 Å². The number of benzene rings is 1. The van der Waals surface area contributed by atoms with E-state index in [4.69, 9.17) is 9.15 Å². The van der Waals surface area contributed by atoms with Crippen LogP contribution in [0, 0.1) is 5.92 Å². The minimum Gasteiger partial charge on any atom is -0.465 e. The van der Waals surface area contributed by atoms with E-state index in [-0.39, 0.29) is 17.5 Å².